The second-order valence-corrected chi connectivity index (χ2v) is 6.13. The first-order valence-corrected chi connectivity index (χ1v) is 6.48. The highest BCUT2D eigenvalue weighted by molar-refractivity contribution is 5.94. The third kappa shape index (κ3) is 4.17. The summed E-state index contributed by atoms with van der Waals surface area (Å²) in [6.45, 7) is 8.19. The lowest BCUT2D eigenvalue weighted by molar-refractivity contribution is -0.135. The zero-order valence-corrected chi connectivity index (χ0v) is 11.6. The molecule has 0 aliphatic heterocycles. The van der Waals surface area contributed by atoms with Gasteiger partial charge in [-0.05, 0) is 30.6 Å². The van der Waals surface area contributed by atoms with Crippen molar-refractivity contribution in [2.24, 2.45) is 17.3 Å². The molecule has 102 valence electrons. The highest BCUT2D eigenvalue weighted by Crippen LogP contribution is 2.51. The number of carboxylic acids is 1. The van der Waals surface area contributed by atoms with Gasteiger partial charge in [-0.15, -0.1) is 0 Å². The van der Waals surface area contributed by atoms with Crippen LogP contribution in [0.2, 0.25) is 0 Å². The van der Waals surface area contributed by atoms with Gasteiger partial charge in [0.1, 0.15) is 5.70 Å². The quantitative estimate of drug-likeness (QED) is 0.715. The van der Waals surface area contributed by atoms with E-state index in [1.807, 2.05) is 13.8 Å². The van der Waals surface area contributed by atoms with Crippen molar-refractivity contribution in [1.82, 2.24) is 5.32 Å². The molecule has 0 bridgehead atoms. The molecule has 1 amide bonds. The fourth-order valence-corrected chi connectivity index (χ4v) is 1.89. The van der Waals surface area contributed by atoms with Crippen molar-refractivity contribution in [3.63, 3.8) is 0 Å². The average Bonchev–Trinajstić information content (AvgIpc) is 2.85. The van der Waals surface area contributed by atoms with Gasteiger partial charge in [-0.2, -0.15) is 0 Å². The summed E-state index contributed by atoms with van der Waals surface area (Å²) in [6.07, 6.45) is 4.03. The molecular weight excluding hydrogens is 230 g/mol. The fourth-order valence-electron chi connectivity index (χ4n) is 1.89. The van der Waals surface area contributed by atoms with E-state index in [9.17, 15) is 9.59 Å². The van der Waals surface area contributed by atoms with E-state index < -0.39 is 5.97 Å². The van der Waals surface area contributed by atoms with Crippen molar-refractivity contribution >= 4 is 11.9 Å². The molecule has 1 aliphatic carbocycles. The molecule has 0 saturated heterocycles. The third-order valence-corrected chi connectivity index (χ3v) is 3.41. The molecule has 0 radical (unpaired) electrons. The maximum absolute atomic E-state index is 11.8. The van der Waals surface area contributed by atoms with Crippen LogP contribution in [0, 0.1) is 17.3 Å². The lowest BCUT2D eigenvalue weighted by Crippen LogP contribution is -2.29. The van der Waals surface area contributed by atoms with E-state index in [4.69, 9.17) is 5.11 Å². The van der Waals surface area contributed by atoms with Gasteiger partial charge in [0.15, 0.2) is 0 Å². The first-order chi connectivity index (χ1) is 8.24. The average molecular weight is 253 g/mol. The van der Waals surface area contributed by atoms with E-state index in [0.29, 0.717) is 12.3 Å². The van der Waals surface area contributed by atoms with Gasteiger partial charge in [-0.1, -0.05) is 33.8 Å². The van der Waals surface area contributed by atoms with E-state index in [0.717, 1.165) is 12.8 Å². The largest absolute Gasteiger partial charge is 0.477 e. The maximum Gasteiger partial charge on any atom is 0.352 e. The Balaban J connectivity index is 2.53. The zero-order chi connectivity index (χ0) is 13.9. The molecule has 18 heavy (non-hydrogen) atoms. The third-order valence-electron chi connectivity index (χ3n) is 3.41. The minimum Gasteiger partial charge on any atom is -0.477 e. The molecule has 0 aromatic heterocycles. The summed E-state index contributed by atoms with van der Waals surface area (Å²) < 4.78 is 0. The second-order valence-electron chi connectivity index (χ2n) is 6.13. The summed E-state index contributed by atoms with van der Waals surface area (Å²) in [5, 5.41) is 11.6. The molecule has 1 aliphatic rings. The molecular formula is C14H23NO3. The van der Waals surface area contributed by atoms with Gasteiger partial charge in [0, 0.05) is 5.92 Å². The van der Waals surface area contributed by atoms with Crippen molar-refractivity contribution < 1.29 is 14.7 Å². The van der Waals surface area contributed by atoms with Crippen LogP contribution >= 0.6 is 0 Å². The van der Waals surface area contributed by atoms with Gasteiger partial charge in [0.25, 0.3) is 0 Å². The van der Waals surface area contributed by atoms with Crippen molar-refractivity contribution in [3.8, 4) is 0 Å². The standard InChI is InChI=1S/C14H23NO3/c1-9(2)6-5-7-11(13(17)18)15-12(16)10-8-14(10,3)4/h7,9-10H,5-6,8H2,1-4H3,(H,15,16)(H,17,18). The molecule has 0 spiro atoms. The number of aliphatic carboxylic acids is 1. The zero-order valence-electron chi connectivity index (χ0n) is 11.6. The lowest BCUT2D eigenvalue weighted by Gasteiger charge is -2.08. The summed E-state index contributed by atoms with van der Waals surface area (Å²) in [5.74, 6) is -0.761. The Morgan fingerprint density at radius 1 is 1.44 bits per heavy atom. The van der Waals surface area contributed by atoms with Crippen LogP contribution in [0.5, 0.6) is 0 Å². The normalized spacial score (nSPS) is 21.8. The molecule has 4 heteroatoms. The molecule has 1 saturated carbocycles. The van der Waals surface area contributed by atoms with Gasteiger partial charge in [0.05, 0.1) is 0 Å². The number of hydrogen-bond acceptors (Lipinski definition) is 2. The minimum absolute atomic E-state index is 0.0170. The number of carbonyl (C=O) groups excluding carboxylic acids is 1. The van der Waals surface area contributed by atoms with E-state index in [-0.39, 0.29) is 22.9 Å². The Bertz CT molecular complexity index is 369. The fraction of sp³-hybridized carbons (Fsp3) is 0.714. The summed E-state index contributed by atoms with van der Waals surface area (Å²) >= 11 is 0. The molecule has 0 aromatic rings. The Morgan fingerprint density at radius 3 is 2.39 bits per heavy atom. The number of carbonyl (C=O) groups is 2. The highest BCUT2D eigenvalue weighted by Gasteiger charge is 2.50. The number of hydrogen-bond donors (Lipinski definition) is 2. The summed E-state index contributed by atoms with van der Waals surface area (Å²) in [7, 11) is 0. The van der Waals surface area contributed by atoms with Gasteiger partial charge in [-0.25, -0.2) is 4.79 Å². The van der Waals surface area contributed by atoms with Gasteiger partial charge in [0.2, 0.25) is 5.91 Å². The lowest BCUT2D eigenvalue weighted by atomic mass is 10.1. The number of rotatable bonds is 6. The van der Waals surface area contributed by atoms with Crippen LogP contribution in [0.3, 0.4) is 0 Å². The summed E-state index contributed by atoms with van der Waals surface area (Å²) in [4.78, 5) is 22.8. The van der Waals surface area contributed by atoms with Gasteiger partial charge in [-0.3, -0.25) is 4.79 Å². The number of allylic oxidation sites excluding steroid dienone is 1. The Hall–Kier alpha value is -1.32. The van der Waals surface area contributed by atoms with E-state index in [1.165, 1.54) is 0 Å². The van der Waals surface area contributed by atoms with Crippen LogP contribution in [-0.2, 0) is 9.59 Å². The summed E-state index contributed by atoms with van der Waals surface area (Å²) in [5.41, 5.74) is 0.0365. The highest BCUT2D eigenvalue weighted by atomic mass is 16.4. The van der Waals surface area contributed by atoms with Crippen molar-refractivity contribution in [3.05, 3.63) is 11.8 Å². The monoisotopic (exact) mass is 253 g/mol. The van der Waals surface area contributed by atoms with Crippen LogP contribution in [0.25, 0.3) is 0 Å². The van der Waals surface area contributed by atoms with Crippen LogP contribution in [0.4, 0.5) is 0 Å². The minimum atomic E-state index is -1.06. The van der Waals surface area contributed by atoms with Gasteiger partial charge < -0.3 is 10.4 Å². The molecule has 2 N–H and O–H groups in total. The topological polar surface area (TPSA) is 66.4 Å². The van der Waals surface area contributed by atoms with Crippen LogP contribution in [0.15, 0.2) is 11.8 Å². The predicted molar refractivity (Wildman–Crippen MR) is 69.8 cm³/mol. The number of carboxylic acid groups (broad SMARTS) is 1. The number of nitrogens with one attached hydrogen (secondary N) is 1. The maximum atomic E-state index is 11.8. The van der Waals surface area contributed by atoms with Crippen molar-refractivity contribution in [2.75, 3.05) is 0 Å². The Morgan fingerprint density at radius 2 is 2.00 bits per heavy atom. The molecule has 1 rings (SSSR count). The molecule has 1 unspecified atom stereocenters. The van der Waals surface area contributed by atoms with Gasteiger partial charge >= 0.3 is 5.97 Å². The van der Waals surface area contributed by atoms with E-state index in [2.05, 4.69) is 19.2 Å². The summed E-state index contributed by atoms with van der Waals surface area (Å²) in [6, 6.07) is 0. The van der Waals surface area contributed by atoms with Crippen molar-refractivity contribution in [2.45, 2.75) is 47.0 Å². The van der Waals surface area contributed by atoms with Crippen LogP contribution in [0.1, 0.15) is 47.0 Å². The first kappa shape index (κ1) is 14.7. The van der Waals surface area contributed by atoms with E-state index in [1.54, 1.807) is 6.08 Å². The van der Waals surface area contributed by atoms with E-state index >= 15 is 0 Å². The second kappa shape index (κ2) is 5.55. The van der Waals surface area contributed by atoms with Crippen molar-refractivity contribution in [1.29, 1.82) is 0 Å². The predicted octanol–water partition coefficient (Wildman–Crippen LogP) is 2.55. The number of amides is 1. The molecule has 0 heterocycles. The van der Waals surface area contributed by atoms with Crippen LogP contribution in [-0.4, -0.2) is 17.0 Å². The van der Waals surface area contributed by atoms with Crippen LogP contribution < -0.4 is 5.32 Å². The first-order valence-electron chi connectivity index (χ1n) is 6.48. The Kier molecular flexibility index (Phi) is 4.54. The molecule has 1 atom stereocenters. The Labute approximate surface area is 108 Å². The molecule has 1 fully saturated rings. The molecule has 4 nitrogen and oxygen atoms in total. The SMILES string of the molecule is CC(C)CCC=C(NC(=O)C1CC1(C)C)C(=O)O. The smallest absolute Gasteiger partial charge is 0.352 e. The molecule has 0 aromatic carbocycles.